The maximum Gasteiger partial charge on any atom is 0.329 e. The molecule has 110 valence electrons. The summed E-state index contributed by atoms with van der Waals surface area (Å²) in [4.78, 5) is 14.9. The Bertz CT molecular complexity index is 686. The van der Waals surface area contributed by atoms with Gasteiger partial charge in [0, 0.05) is 11.0 Å². The highest BCUT2D eigenvalue weighted by Gasteiger charge is 2.24. The molecule has 0 aliphatic carbocycles. The zero-order valence-corrected chi connectivity index (χ0v) is 12.8. The third kappa shape index (κ3) is 2.98. The molecule has 2 heterocycles. The minimum Gasteiger partial charge on any atom is -0.482 e. The van der Waals surface area contributed by atoms with Crippen molar-refractivity contribution in [1.29, 1.82) is 0 Å². The summed E-state index contributed by atoms with van der Waals surface area (Å²) in [5, 5.41) is 15.2. The van der Waals surface area contributed by atoms with Crippen LogP contribution in [0.4, 0.5) is 5.69 Å². The molecule has 1 atom stereocenters. The third-order valence-corrected chi connectivity index (χ3v) is 3.99. The monoisotopic (exact) mass is 351 g/mol. The molecule has 7 heteroatoms. The fraction of sp³-hybridized carbons (Fsp3) is 0.357. The van der Waals surface area contributed by atoms with Crippen molar-refractivity contribution in [2.24, 2.45) is 0 Å². The Kier molecular flexibility index (Phi) is 4.03. The Balaban J connectivity index is 2.08. The predicted octanol–water partition coefficient (Wildman–Crippen LogP) is 3.04. The Labute approximate surface area is 129 Å². The molecule has 1 N–H and O–H groups in total. The van der Waals surface area contributed by atoms with Crippen molar-refractivity contribution in [3.05, 3.63) is 39.0 Å². The number of piperidine rings is 1. The Hall–Kier alpha value is -1.73. The van der Waals surface area contributed by atoms with Gasteiger partial charge in [0.2, 0.25) is 5.75 Å². The molecule has 0 spiro atoms. The van der Waals surface area contributed by atoms with Gasteiger partial charge in [0.25, 0.3) is 0 Å². The Morgan fingerprint density at radius 3 is 3.05 bits per heavy atom. The lowest BCUT2D eigenvalue weighted by atomic mass is 10.1. The summed E-state index contributed by atoms with van der Waals surface area (Å²) < 4.78 is 6.79. The largest absolute Gasteiger partial charge is 0.482 e. The van der Waals surface area contributed by atoms with Gasteiger partial charge in [-0.1, -0.05) is 15.9 Å². The van der Waals surface area contributed by atoms with Crippen LogP contribution in [0.3, 0.4) is 0 Å². The van der Waals surface area contributed by atoms with Crippen LogP contribution in [0.1, 0.15) is 12.8 Å². The molecular formula is C14H14BrN3O3. The van der Waals surface area contributed by atoms with Crippen molar-refractivity contribution >= 4 is 32.5 Å². The smallest absolute Gasteiger partial charge is 0.329 e. The molecule has 1 saturated heterocycles. The highest BCUT2D eigenvalue weighted by atomic mass is 79.9. The first kappa shape index (κ1) is 14.2. The molecule has 0 unspecified atom stereocenters. The highest BCUT2D eigenvalue weighted by molar-refractivity contribution is 9.10. The number of halogens is 1. The number of hydrogen-bond acceptors (Lipinski definition) is 5. The van der Waals surface area contributed by atoms with Crippen LogP contribution in [0.5, 0.6) is 5.75 Å². The van der Waals surface area contributed by atoms with Crippen LogP contribution in [0, 0.1) is 10.1 Å². The minimum absolute atomic E-state index is 0.0537. The van der Waals surface area contributed by atoms with Crippen LogP contribution < -0.4 is 10.1 Å². The van der Waals surface area contributed by atoms with Gasteiger partial charge in [-0.3, -0.25) is 10.1 Å². The van der Waals surface area contributed by atoms with E-state index in [1.165, 1.54) is 6.20 Å². The summed E-state index contributed by atoms with van der Waals surface area (Å²) >= 11 is 3.39. The lowest BCUT2D eigenvalue weighted by molar-refractivity contribution is -0.386. The van der Waals surface area contributed by atoms with E-state index < -0.39 is 4.92 Å². The van der Waals surface area contributed by atoms with Gasteiger partial charge in [-0.2, -0.15) is 0 Å². The standard InChI is InChI=1S/C14H14BrN3O3/c15-9-3-4-12-11(6-9)14(13(8-17-12)18(19)20)21-10-2-1-5-16-7-10/h3-4,6,8,10,16H,1-2,5,7H2/t10-/m0/s1. The van der Waals surface area contributed by atoms with Crippen LogP contribution >= 0.6 is 15.9 Å². The van der Waals surface area contributed by atoms with Crippen LogP contribution in [-0.4, -0.2) is 29.1 Å². The Morgan fingerprint density at radius 2 is 2.33 bits per heavy atom. The van der Waals surface area contributed by atoms with Gasteiger partial charge in [-0.15, -0.1) is 0 Å². The molecule has 1 aromatic carbocycles. The normalized spacial score (nSPS) is 18.6. The van der Waals surface area contributed by atoms with E-state index in [4.69, 9.17) is 4.74 Å². The van der Waals surface area contributed by atoms with Crippen molar-refractivity contribution < 1.29 is 9.66 Å². The number of pyridine rings is 1. The second kappa shape index (κ2) is 5.95. The van der Waals surface area contributed by atoms with E-state index in [1.807, 2.05) is 12.1 Å². The van der Waals surface area contributed by atoms with Crippen LogP contribution in [0.2, 0.25) is 0 Å². The number of hydrogen-bond donors (Lipinski definition) is 1. The van der Waals surface area contributed by atoms with Gasteiger partial charge in [-0.05, 0) is 37.6 Å². The SMILES string of the molecule is O=[N+]([O-])c1cnc2ccc(Br)cc2c1O[C@H]1CCCNC1. The summed E-state index contributed by atoms with van der Waals surface area (Å²) in [6.45, 7) is 1.67. The predicted molar refractivity (Wildman–Crippen MR) is 82.6 cm³/mol. The summed E-state index contributed by atoms with van der Waals surface area (Å²) in [5.41, 5.74) is 0.591. The number of nitrogens with zero attached hydrogens (tertiary/aromatic N) is 2. The molecule has 0 radical (unpaired) electrons. The maximum absolute atomic E-state index is 11.3. The quantitative estimate of drug-likeness (QED) is 0.679. The molecule has 6 nitrogen and oxygen atoms in total. The van der Waals surface area contributed by atoms with E-state index in [0.29, 0.717) is 23.2 Å². The molecule has 0 bridgehead atoms. The highest BCUT2D eigenvalue weighted by Crippen LogP contribution is 2.36. The second-order valence-electron chi connectivity index (χ2n) is 4.98. The van der Waals surface area contributed by atoms with Crippen molar-refractivity contribution in [2.45, 2.75) is 18.9 Å². The van der Waals surface area contributed by atoms with Crippen LogP contribution in [0.25, 0.3) is 10.9 Å². The lowest BCUT2D eigenvalue weighted by Gasteiger charge is -2.24. The number of fused-ring (bicyclic) bond motifs is 1. The van der Waals surface area contributed by atoms with Gasteiger partial charge < -0.3 is 10.1 Å². The van der Waals surface area contributed by atoms with E-state index >= 15 is 0 Å². The van der Waals surface area contributed by atoms with E-state index in [0.717, 1.165) is 23.9 Å². The first-order valence-electron chi connectivity index (χ1n) is 6.75. The van der Waals surface area contributed by atoms with Crippen molar-refractivity contribution in [3.8, 4) is 5.75 Å². The number of rotatable bonds is 3. The number of ether oxygens (including phenoxy) is 1. The van der Waals surface area contributed by atoms with E-state index in [-0.39, 0.29) is 11.8 Å². The van der Waals surface area contributed by atoms with Gasteiger partial charge in [0.15, 0.2) is 0 Å². The zero-order chi connectivity index (χ0) is 14.8. The second-order valence-corrected chi connectivity index (χ2v) is 5.89. The first-order chi connectivity index (χ1) is 10.1. The van der Waals surface area contributed by atoms with E-state index in [2.05, 4.69) is 26.2 Å². The maximum atomic E-state index is 11.3. The fourth-order valence-electron chi connectivity index (χ4n) is 2.47. The van der Waals surface area contributed by atoms with Gasteiger partial charge in [0.05, 0.1) is 15.8 Å². The lowest BCUT2D eigenvalue weighted by Crippen LogP contribution is -2.37. The molecule has 0 amide bonds. The third-order valence-electron chi connectivity index (χ3n) is 3.49. The summed E-state index contributed by atoms with van der Waals surface area (Å²) in [7, 11) is 0. The number of nitro groups is 1. The molecule has 1 aromatic heterocycles. The van der Waals surface area contributed by atoms with Gasteiger partial charge >= 0.3 is 5.69 Å². The van der Waals surface area contributed by atoms with Crippen molar-refractivity contribution in [3.63, 3.8) is 0 Å². The number of aromatic nitrogens is 1. The van der Waals surface area contributed by atoms with Crippen molar-refractivity contribution in [2.75, 3.05) is 13.1 Å². The van der Waals surface area contributed by atoms with Crippen molar-refractivity contribution in [1.82, 2.24) is 10.3 Å². The molecule has 2 aromatic rings. The van der Waals surface area contributed by atoms with Crippen LogP contribution in [-0.2, 0) is 0 Å². The molecular weight excluding hydrogens is 338 g/mol. The summed E-state index contributed by atoms with van der Waals surface area (Å²) in [6.07, 6.45) is 3.11. The summed E-state index contributed by atoms with van der Waals surface area (Å²) in [5.74, 6) is 0.306. The molecule has 1 aliphatic rings. The zero-order valence-electron chi connectivity index (χ0n) is 11.2. The van der Waals surface area contributed by atoms with E-state index in [9.17, 15) is 10.1 Å². The molecule has 3 rings (SSSR count). The molecule has 1 fully saturated rings. The summed E-state index contributed by atoms with van der Waals surface area (Å²) in [6, 6.07) is 5.48. The van der Waals surface area contributed by atoms with Gasteiger partial charge in [0.1, 0.15) is 12.3 Å². The van der Waals surface area contributed by atoms with E-state index in [1.54, 1.807) is 6.07 Å². The average Bonchev–Trinajstić information content (AvgIpc) is 2.48. The molecule has 1 aliphatic heterocycles. The topological polar surface area (TPSA) is 77.3 Å². The number of nitrogens with one attached hydrogen (secondary N) is 1. The fourth-order valence-corrected chi connectivity index (χ4v) is 2.83. The van der Waals surface area contributed by atoms with Crippen LogP contribution in [0.15, 0.2) is 28.9 Å². The average molecular weight is 352 g/mol. The molecule has 0 saturated carbocycles. The Morgan fingerprint density at radius 1 is 1.48 bits per heavy atom. The minimum atomic E-state index is -0.446. The molecule has 21 heavy (non-hydrogen) atoms. The van der Waals surface area contributed by atoms with Gasteiger partial charge in [-0.25, -0.2) is 4.98 Å². The number of benzene rings is 1. The first-order valence-corrected chi connectivity index (χ1v) is 7.54.